The van der Waals surface area contributed by atoms with E-state index in [1.54, 1.807) is 0 Å². The van der Waals surface area contributed by atoms with Crippen LogP contribution >= 0.6 is 15.9 Å². The highest BCUT2D eigenvalue weighted by Crippen LogP contribution is 2.40. The molecule has 0 saturated carbocycles. The first kappa shape index (κ1) is 13.2. The predicted molar refractivity (Wildman–Crippen MR) is 84.7 cm³/mol. The van der Waals surface area contributed by atoms with Gasteiger partial charge in [-0.25, -0.2) is 0 Å². The Morgan fingerprint density at radius 2 is 1.86 bits per heavy atom. The van der Waals surface area contributed by atoms with E-state index in [9.17, 15) is 0 Å². The van der Waals surface area contributed by atoms with Crippen LogP contribution in [-0.4, -0.2) is 12.8 Å². The Morgan fingerprint density at radius 3 is 2.62 bits per heavy atom. The van der Waals surface area contributed by atoms with E-state index in [1.807, 2.05) is 0 Å². The van der Waals surface area contributed by atoms with Crippen LogP contribution in [-0.2, 0) is 19.4 Å². The molecule has 108 valence electrons. The molecule has 0 spiro atoms. The molecule has 1 heterocycles. The summed E-state index contributed by atoms with van der Waals surface area (Å²) in [6.07, 6.45) is 2.23. The zero-order valence-electron chi connectivity index (χ0n) is 11.6. The van der Waals surface area contributed by atoms with E-state index >= 15 is 0 Å². The second-order valence-corrected chi connectivity index (χ2v) is 6.42. The second-order valence-electron chi connectivity index (χ2n) is 5.57. The molecule has 4 heteroatoms. The molecule has 2 aromatic carbocycles. The molecule has 0 aromatic heterocycles. The maximum absolute atomic E-state index is 5.46. The Bertz CT molecular complexity index is 661. The van der Waals surface area contributed by atoms with E-state index in [2.05, 4.69) is 57.6 Å². The third-order valence-electron chi connectivity index (χ3n) is 4.13. The summed E-state index contributed by atoms with van der Waals surface area (Å²) >= 11 is 3.54. The summed E-state index contributed by atoms with van der Waals surface area (Å²) in [4.78, 5) is 0. The summed E-state index contributed by atoms with van der Waals surface area (Å²) in [6, 6.07) is 13.4. The summed E-state index contributed by atoms with van der Waals surface area (Å²) in [7, 11) is 0. The lowest BCUT2D eigenvalue weighted by Gasteiger charge is -2.12. The van der Waals surface area contributed by atoms with Crippen molar-refractivity contribution < 1.29 is 9.47 Å². The van der Waals surface area contributed by atoms with Gasteiger partial charge >= 0.3 is 0 Å². The van der Waals surface area contributed by atoms with Crippen LogP contribution in [0.2, 0.25) is 0 Å². The van der Waals surface area contributed by atoms with Gasteiger partial charge in [0.25, 0.3) is 0 Å². The monoisotopic (exact) mass is 345 g/mol. The molecule has 0 unspecified atom stereocenters. The van der Waals surface area contributed by atoms with Gasteiger partial charge in [0.1, 0.15) is 0 Å². The fourth-order valence-corrected chi connectivity index (χ4v) is 3.69. The van der Waals surface area contributed by atoms with Gasteiger partial charge in [-0.1, -0.05) is 24.3 Å². The highest BCUT2D eigenvalue weighted by atomic mass is 79.9. The lowest BCUT2D eigenvalue weighted by molar-refractivity contribution is 0.173. The van der Waals surface area contributed by atoms with Gasteiger partial charge in [-0.3, -0.25) is 0 Å². The van der Waals surface area contributed by atoms with Gasteiger partial charge in [0, 0.05) is 12.6 Å². The first-order valence-electron chi connectivity index (χ1n) is 7.18. The number of rotatable bonds is 3. The number of benzene rings is 2. The number of nitrogens with one attached hydrogen (secondary N) is 1. The predicted octanol–water partition coefficient (Wildman–Crippen LogP) is 3.43. The lowest BCUT2D eigenvalue weighted by atomic mass is 10.1. The molecule has 2 aliphatic rings. The first-order chi connectivity index (χ1) is 10.3. The van der Waals surface area contributed by atoms with Crippen LogP contribution in [0, 0.1) is 0 Å². The topological polar surface area (TPSA) is 30.5 Å². The van der Waals surface area contributed by atoms with E-state index in [0.29, 0.717) is 12.8 Å². The van der Waals surface area contributed by atoms with Crippen molar-refractivity contribution in [3.05, 3.63) is 57.6 Å². The summed E-state index contributed by atoms with van der Waals surface area (Å²) in [5.41, 5.74) is 4.16. The van der Waals surface area contributed by atoms with Crippen LogP contribution in [0.15, 0.2) is 40.9 Å². The highest BCUT2D eigenvalue weighted by Gasteiger charge is 2.21. The second kappa shape index (κ2) is 5.35. The fourth-order valence-electron chi connectivity index (χ4n) is 3.09. The molecule has 1 N–H and O–H groups in total. The maximum Gasteiger partial charge on any atom is 0.231 e. The quantitative estimate of drug-likeness (QED) is 0.924. The number of halogens is 1. The molecule has 0 fully saturated rings. The van der Waals surface area contributed by atoms with Crippen molar-refractivity contribution in [1.29, 1.82) is 0 Å². The minimum atomic E-state index is 0.308. The average Bonchev–Trinajstić information content (AvgIpc) is 3.11. The van der Waals surface area contributed by atoms with Gasteiger partial charge in [-0.05, 0) is 57.6 Å². The Balaban J connectivity index is 1.43. The van der Waals surface area contributed by atoms with Crippen molar-refractivity contribution in [2.24, 2.45) is 0 Å². The van der Waals surface area contributed by atoms with Crippen LogP contribution in [0.3, 0.4) is 0 Å². The van der Waals surface area contributed by atoms with Crippen molar-refractivity contribution in [3.8, 4) is 11.5 Å². The van der Waals surface area contributed by atoms with Gasteiger partial charge in [-0.2, -0.15) is 0 Å². The largest absolute Gasteiger partial charge is 0.454 e. The van der Waals surface area contributed by atoms with Crippen molar-refractivity contribution in [1.82, 2.24) is 5.32 Å². The van der Waals surface area contributed by atoms with E-state index in [1.165, 1.54) is 16.7 Å². The van der Waals surface area contributed by atoms with Crippen LogP contribution in [0.1, 0.15) is 16.7 Å². The third kappa shape index (κ3) is 2.54. The average molecular weight is 346 g/mol. The Morgan fingerprint density at radius 1 is 1.10 bits per heavy atom. The van der Waals surface area contributed by atoms with Crippen LogP contribution in [0.25, 0.3) is 0 Å². The lowest BCUT2D eigenvalue weighted by Crippen LogP contribution is -2.28. The Hall–Kier alpha value is -1.52. The number of ether oxygens (including phenoxy) is 2. The molecule has 4 rings (SSSR count). The van der Waals surface area contributed by atoms with Gasteiger partial charge < -0.3 is 14.8 Å². The molecule has 0 radical (unpaired) electrons. The highest BCUT2D eigenvalue weighted by molar-refractivity contribution is 9.10. The van der Waals surface area contributed by atoms with Crippen LogP contribution in [0.5, 0.6) is 11.5 Å². The molecule has 1 aliphatic carbocycles. The molecule has 0 atom stereocenters. The Labute approximate surface area is 132 Å². The summed E-state index contributed by atoms with van der Waals surface area (Å²) in [5.74, 6) is 1.64. The van der Waals surface area contributed by atoms with Crippen molar-refractivity contribution >= 4 is 15.9 Å². The summed E-state index contributed by atoms with van der Waals surface area (Å²) in [5, 5.41) is 3.65. The third-order valence-corrected chi connectivity index (χ3v) is 4.72. The van der Waals surface area contributed by atoms with E-state index in [4.69, 9.17) is 9.47 Å². The molecule has 0 saturated heterocycles. The fraction of sp³-hybridized carbons (Fsp3) is 0.294. The Kier molecular flexibility index (Phi) is 3.36. The van der Waals surface area contributed by atoms with Gasteiger partial charge in [0.15, 0.2) is 11.5 Å². The van der Waals surface area contributed by atoms with E-state index < -0.39 is 0 Å². The van der Waals surface area contributed by atoms with E-state index in [-0.39, 0.29) is 0 Å². The first-order valence-corrected chi connectivity index (χ1v) is 7.97. The molecule has 1 aliphatic heterocycles. The van der Waals surface area contributed by atoms with Crippen molar-refractivity contribution in [2.75, 3.05) is 6.79 Å². The number of fused-ring (bicyclic) bond motifs is 2. The summed E-state index contributed by atoms with van der Waals surface area (Å²) < 4.78 is 11.8. The van der Waals surface area contributed by atoms with Crippen molar-refractivity contribution in [3.63, 3.8) is 0 Å². The number of hydrogen-bond donors (Lipinski definition) is 1. The molecule has 0 bridgehead atoms. The van der Waals surface area contributed by atoms with Crippen molar-refractivity contribution in [2.45, 2.75) is 25.4 Å². The molecule has 0 amide bonds. The van der Waals surface area contributed by atoms with Gasteiger partial charge in [0.2, 0.25) is 6.79 Å². The zero-order valence-corrected chi connectivity index (χ0v) is 13.2. The van der Waals surface area contributed by atoms with Gasteiger partial charge in [0.05, 0.1) is 4.47 Å². The zero-order chi connectivity index (χ0) is 14.2. The molecular formula is C17H16BrNO2. The summed E-state index contributed by atoms with van der Waals surface area (Å²) in [6.45, 7) is 1.15. The molecule has 3 nitrogen and oxygen atoms in total. The minimum Gasteiger partial charge on any atom is -0.454 e. The van der Waals surface area contributed by atoms with Crippen LogP contribution < -0.4 is 14.8 Å². The molecular weight excluding hydrogens is 330 g/mol. The van der Waals surface area contributed by atoms with E-state index in [0.717, 1.165) is 35.4 Å². The standard InChI is InChI=1S/C17H16BrNO2/c18-15-5-11(6-16-17(15)21-10-20-16)9-19-14-7-12-3-1-2-4-13(12)8-14/h1-6,14,19H,7-10H2. The molecule has 2 aromatic rings. The SMILES string of the molecule is Brc1cc(CNC2Cc3ccccc3C2)cc2c1OCO2. The van der Waals surface area contributed by atoms with Crippen LogP contribution in [0.4, 0.5) is 0 Å². The maximum atomic E-state index is 5.46. The normalized spacial score (nSPS) is 16.2. The number of hydrogen-bond acceptors (Lipinski definition) is 3. The minimum absolute atomic E-state index is 0.308. The molecule has 21 heavy (non-hydrogen) atoms. The smallest absolute Gasteiger partial charge is 0.231 e. The van der Waals surface area contributed by atoms with Gasteiger partial charge in [-0.15, -0.1) is 0 Å².